The maximum atomic E-state index is 5.05. The molecule has 1 fully saturated rings. The van der Waals surface area contributed by atoms with Gasteiger partial charge < -0.3 is 10.2 Å². The molecule has 2 aromatic carbocycles. The van der Waals surface area contributed by atoms with E-state index in [0.717, 1.165) is 43.2 Å². The van der Waals surface area contributed by atoms with Gasteiger partial charge in [-0.3, -0.25) is 0 Å². The number of hydrogen-bond donors (Lipinski definition) is 1. The average Bonchev–Trinajstić information content (AvgIpc) is 3.34. The molecule has 0 radical (unpaired) electrons. The number of fused-ring (bicyclic) bond motifs is 1. The first-order chi connectivity index (χ1) is 14.9. The van der Waals surface area contributed by atoms with E-state index in [2.05, 4.69) is 69.9 Å². The normalized spacial score (nSPS) is 14.3. The van der Waals surface area contributed by atoms with Gasteiger partial charge in [-0.1, -0.05) is 36.4 Å². The SMILES string of the molecule is c1ccc(-n2cccn2)c(CNCc2cc3ccccc3nc2N2CCCCC2)c1. The van der Waals surface area contributed by atoms with Crippen LogP contribution in [0.3, 0.4) is 0 Å². The molecule has 0 bridgehead atoms. The second-order valence-electron chi connectivity index (χ2n) is 7.89. The van der Waals surface area contributed by atoms with Crippen LogP contribution in [0.15, 0.2) is 73.1 Å². The highest BCUT2D eigenvalue weighted by molar-refractivity contribution is 5.81. The summed E-state index contributed by atoms with van der Waals surface area (Å²) in [6.45, 7) is 3.76. The van der Waals surface area contributed by atoms with Crippen LogP contribution in [0.25, 0.3) is 16.6 Å². The van der Waals surface area contributed by atoms with Gasteiger partial charge in [0.15, 0.2) is 0 Å². The van der Waals surface area contributed by atoms with E-state index in [-0.39, 0.29) is 0 Å². The Kier molecular flexibility index (Phi) is 5.44. The highest BCUT2D eigenvalue weighted by Crippen LogP contribution is 2.26. The lowest BCUT2D eigenvalue weighted by Gasteiger charge is -2.30. The predicted octanol–water partition coefficient (Wildman–Crippen LogP) is 4.70. The maximum Gasteiger partial charge on any atom is 0.133 e. The van der Waals surface area contributed by atoms with Crippen LogP contribution in [0.4, 0.5) is 5.82 Å². The molecular weight excluding hydrogens is 370 g/mol. The van der Waals surface area contributed by atoms with Gasteiger partial charge in [-0.15, -0.1) is 0 Å². The van der Waals surface area contributed by atoms with Crippen molar-refractivity contribution in [3.05, 3.63) is 84.2 Å². The van der Waals surface area contributed by atoms with Crippen LogP contribution in [0.5, 0.6) is 0 Å². The zero-order valence-electron chi connectivity index (χ0n) is 17.2. The zero-order chi connectivity index (χ0) is 20.2. The van der Waals surface area contributed by atoms with Crippen molar-refractivity contribution in [3.8, 4) is 5.69 Å². The summed E-state index contributed by atoms with van der Waals surface area (Å²) in [7, 11) is 0. The highest BCUT2D eigenvalue weighted by Gasteiger charge is 2.17. The topological polar surface area (TPSA) is 46.0 Å². The molecule has 152 valence electrons. The number of anilines is 1. The minimum absolute atomic E-state index is 0.780. The fourth-order valence-corrected chi connectivity index (χ4v) is 4.29. The first-order valence-electron chi connectivity index (χ1n) is 10.8. The lowest BCUT2D eigenvalue weighted by atomic mass is 10.1. The Labute approximate surface area is 177 Å². The molecule has 5 heteroatoms. The van der Waals surface area contributed by atoms with Crippen LogP contribution in [0, 0.1) is 0 Å². The first-order valence-corrected chi connectivity index (χ1v) is 10.8. The molecule has 0 saturated carbocycles. The van der Waals surface area contributed by atoms with Crippen LogP contribution < -0.4 is 10.2 Å². The van der Waals surface area contributed by atoms with Gasteiger partial charge in [0.25, 0.3) is 0 Å². The largest absolute Gasteiger partial charge is 0.356 e. The maximum absolute atomic E-state index is 5.05. The molecule has 30 heavy (non-hydrogen) atoms. The Balaban J connectivity index is 1.39. The average molecular weight is 398 g/mol. The molecule has 1 N–H and O–H groups in total. The Morgan fingerprint density at radius 1 is 0.833 bits per heavy atom. The van der Waals surface area contributed by atoms with Crippen molar-refractivity contribution in [3.63, 3.8) is 0 Å². The Morgan fingerprint density at radius 2 is 1.63 bits per heavy atom. The Morgan fingerprint density at radius 3 is 2.50 bits per heavy atom. The molecule has 1 aliphatic heterocycles. The van der Waals surface area contributed by atoms with Crippen molar-refractivity contribution in [2.24, 2.45) is 0 Å². The van der Waals surface area contributed by atoms with Crippen LogP contribution in [-0.2, 0) is 13.1 Å². The summed E-state index contributed by atoms with van der Waals surface area (Å²) in [6.07, 6.45) is 7.62. The molecule has 3 heterocycles. The summed E-state index contributed by atoms with van der Waals surface area (Å²) in [5, 5.41) is 9.25. The third-order valence-electron chi connectivity index (χ3n) is 5.81. The van der Waals surface area contributed by atoms with Crippen molar-refractivity contribution in [2.75, 3.05) is 18.0 Å². The number of hydrogen-bond acceptors (Lipinski definition) is 4. The molecule has 0 atom stereocenters. The number of para-hydroxylation sites is 2. The predicted molar refractivity (Wildman–Crippen MR) is 122 cm³/mol. The standard InChI is InChI=1S/C25H27N5/c1-6-14-29(15-7-1)25-22(17-20-9-2-4-11-23(20)28-25)19-26-18-21-10-3-5-12-24(21)30-16-8-13-27-30/h2-5,8-13,16-17,26H,1,6-7,14-15,18-19H2. The van der Waals surface area contributed by atoms with E-state index in [1.165, 1.54) is 35.8 Å². The molecule has 0 unspecified atom stereocenters. The number of nitrogens with one attached hydrogen (secondary N) is 1. The van der Waals surface area contributed by atoms with Crippen molar-refractivity contribution < 1.29 is 0 Å². The van der Waals surface area contributed by atoms with E-state index in [9.17, 15) is 0 Å². The van der Waals surface area contributed by atoms with Crippen molar-refractivity contribution >= 4 is 16.7 Å². The quantitative estimate of drug-likeness (QED) is 0.512. The van der Waals surface area contributed by atoms with Crippen LogP contribution >= 0.6 is 0 Å². The number of piperidine rings is 1. The minimum atomic E-state index is 0.780. The van der Waals surface area contributed by atoms with Gasteiger partial charge in [0, 0.05) is 49.5 Å². The van der Waals surface area contributed by atoms with Gasteiger partial charge >= 0.3 is 0 Å². The van der Waals surface area contributed by atoms with Gasteiger partial charge in [0.05, 0.1) is 11.2 Å². The van der Waals surface area contributed by atoms with Crippen LogP contribution in [0.2, 0.25) is 0 Å². The lowest BCUT2D eigenvalue weighted by Crippen LogP contribution is -2.31. The Hall–Kier alpha value is -3.18. The Bertz CT molecular complexity index is 1110. The smallest absolute Gasteiger partial charge is 0.133 e. The third kappa shape index (κ3) is 3.94. The van der Waals surface area contributed by atoms with Gasteiger partial charge in [0.2, 0.25) is 0 Å². The second kappa shape index (κ2) is 8.67. The van der Waals surface area contributed by atoms with Gasteiger partial charge in [-0.05, 0) is 49.1 Å². The number of aromatic nitrogens is 3. The molecule has 1 saturated heterocycles. The summed E-state index contributed by atoms with van der Waals surface area (Å²) in [6, 6.07) is 21.1. The summed E-state index contributed by atoms with van der Waals surface area (Å²) in [5.74, 6) is 1.14. The third-order valence-corrected chi connectivity index (χ3v) is 5.81. The molecule has 0 spiro atoms. The lowest BCUT2D eigenvalue weighted by molar-refractivity contribution is 0.570. The first kappa shape index (κ1) is 18.8. The highest BCUT2D eigenvalue weighted by atomic mass is 15.3. The van der Waals surface area contributed by atoms with E-state index in [1.807, 2.05) is 23.1 Å². The number of benzene rings is 2. The van der Waals surface area contributed by atoms with E-state index < -0.39 is 0 Å². The van der Waals surface area contributed by atoms with E-state index in [1.54, 1.807) is 0 Å². The number of rotatable bonds is 6. The molecular formula is C25H27N5. The van der Waals surface area contributed by atoms with E-state index in [0.29, 0.717) is 0 Å². The molecule has 0 aliphatic carbocycles. The molecule has 5 rings (SSSR count). The second-order valence-corrected chi connectivity index (χ2v) is 7.89. The summed E-state index contributed by atoms with van der Waals surface area (Å²) in [5.41, 5.74) is 4.69. The van der Waals surface area contributed by atoms with Gasteiger partial charge in [-0.25, -0.2) is 9.67 Å². The van der Waals surface area contributed by atoms with Crippen molar-refractivity contribution in [1.29, 1.82) is 0 Å². The van der Waals surface area contributed by atoms with Gasteiger partial charge in [-0.2, -0.15) is 5.10 Å². The van der Waals surface area contributed by atoms with Crippen LogP contribution in [0.1, 0.15) is 30.4 Å². The summed E-state index contributed by atoms with van der Waals surface area (Å²) in [4.78, 5) is 7.52. The van der Waals surface area contributed by atoms with Crippen LogP contribution in [-0.4, -0.2) is 27.9 Å². The molecule has 4 aromatic rings. The van der Waals surface area contributed by atoms with Crippen molar-refractivity contribution in [2.45, 2.75) is 32.4 Å². The monoisotopic (exact) mass is 397 g/mol. The fraction of sp³-hybridized carbons (Fsp3) is 0.280. The molecule has 0 amide bonds. The fourth-order valence-electron chi connectivity index (χ4n) is 4.29. The minimum Gasteiger partial charge on any atom is -0.356 e. The van der Waals surface area contributed by atoms with Crippen molar-refractivity contribution in [1.82, 2.24) is 20.1 Å². The summed E-state index contributed by atoms with van der Waals surface area (Å²) >= 11 is 0. The molecule has 2 aromatic heterocycles. The number of nitrogens with zero attached hydrogens (tertiary/aromatic N) is 4. The molecule has 5 nitrogen and oxygen atoms in total. The summed E-state index contributed by atoms with van der Waals surface area (Å²) < 4.78 is 1.92. The zero-order valence-corrected chi connectivity index (χ0v) is 17.2. The number of pyridine rings is 1. The molecule has 1 aliphatic rings. The van der Waals surface area contributed by atoms with E-state index in [4.69, 9.17) is 4.98 Å². The van der Waals surface area contributed by atoms with Gasteiger partial charge in [0.1, 0.15) is 5.82 Å². The van der Waals surface area contributed by atoms with E-state index >= 15 is 0 Å².